The summed E-state index contributed by atoms with van der Waals surface area (Å²) in [6.45, 7) is 0. The lowest BCUT2D eigenvalue weighted by Gasteiger charge is -2.19. The summed E-state index contributed by atoms with van der Waals surface area (Å²) < 4.78 is 12.7. The molecule has 0 aliphatic heterocycles. The predicted octanol–water partition coefficient (Wildman–Crippen LogP) is 15.1. The van der Waals surface area contributed by atoms with E-state index in [1.54, 1.807) is 0 Å². The van der Waals surface area contributed by atoms with Gasteiger partial charge in [0.05, 0.1) is 0 Å². The molecule has 0 saturated carbocycles. The highest BCUT2D eigenvalue weighted by Crippen LogP contribution is 2.46. The van der Waals surface area contributed by atoms with Gasteiger partial charge in [-0.25, -0.2) is 0 Å². The quantitative estimate of drug-likeness (QED) is 0.173. The fourth-order valence-corrected chi connectivity index (χ4v) is 9.00. The molecule has 0 N–H and O–H groups in total. The molecule has 54 heavy (non-hydrogen) atoms. The Balaban J connectivity index is 0.997. The van der Waals surface area contributed by atoms with E-state index in [4.69, 9.17) is 8.83 Å². The van der Waals surface area contributed by atoms with Gasteiger partial charge in [0.2, 0.25) is 0 Å². The van der Waals surface area contributed by atoms with Crippen molar-refractivity contribution in [1.29, 1.82) is 0 Å². The first-order chi connectivity index (χ1) is 26.8. The molecule has 0 atom stereocenters. The third-order valence-corrected chi connectivity index (χ3v) is 11.4. The van der Waals surface area contributed by atoms with E-state index in [1.807, 2.05) is 12.1 Å². The maximum Gasteiger partial charge on any atom is 0.136 e. The summed E-state index contributed by atoms with van der Waals surface area (Å²) in [6.07, 6.45) is 0. The smallest absolute Gasteiger partial charge is 0.136 e. The summed E-state index contributed by atoms with van der Waals surface area (Å²) in [5.41, 5.74) is 10.9. The van der Waals surface area contributed by atoms with Crippen LogP contribution < -0.4 is 0 Å². The Kier molecular flexibility index (Phi) is 6.09. The Morgan fingerprint density at radius 2 is 0.815 bits per heavy atom. The SMILES string of the molecule is c1ccc2c(-c3c4ccccc4c(-c4ccc(-c5ccc6oc7cc8c(ccc9oc%10ccccc%10c98)cc7c6c5)cc4)c4ccccc34)cccc2c1. The lowest BCUT2D eigenvalue weighted by molar-refractivity contribution is 0.669. The maximum absolute atomic E-state index is 6.48. The zero-order valence-corrected chi connectivity index (χ0v) is 29.1. The van der Waals surface area contributed by atoms with Gasteiger partial charge in [-0.15, -0.1) is 0 Å². The van der Waals surface area contributed by atoms with Gasteiger partial charge in [-0.3, -0.25) is 0 Å². The molecule has 0 fully saturated rings. The lowest BCUT2D eigenvalue weighted by Crippen LogP contribution is -1.91. The van der Waals surface area contributed by atoms with Crippen LogP contribution in [0.4, 0.5) is 0 Å². The Bertz CT molecular complexity index is 3430. The van der Waals surface area contributed by atoms with Crippen LogP contribution in [-0.4, -0.2) is 0 Å². The van der Waals surface area contributed by atoms with Gasteiger partial charge in [0.15, 0.2) is 0 Å². The lowest BCUT2D eigenvalue weighted by atomic mass is 9.84. The second-order valence-electron chi connectivity index (χ2n) is 14.4. The van der Waals surface area contributed by atoms with E-state index in [9.17, 15) is 0 Å². The number of para-hydroxylation sites is 1. The van der Waals surface area contributed by atoms with Crippen LogP contribution in [0.1, 0.15) is 0 Å². The maximum atomic E-state index is 6.48. The number of benzene rings is 10. The highest BCUT2D eigenvalue weighted by atomic mass is 16.3. The molecule has 2 heterocycles. The van der Waals surface area contributed by atoms with Gasteiger partial charge in [0.25, 0.3) is 0 Å². The average Bonchev–Trinajstić information content (AvgIpc) is 3.79. The van der Waals surface area contributed by atoms with Crippen LogP contribution in [0.2, 0.25) is 0 Å². The van der Waals surface area contributed by atoms with Crippen molar-refractivity contribution >= 4 is 87.0 Å². The minimum Gasteiger partial charge on any atom is -0.456 e. The standard InChI is InChI=1S/C52H30O2/c1-2-12-36-32(10-1)11-9-18-37(36)51-40-15-5-3-13-38(40)50(39-14-4-6-16-41(39)51)33-22-20-31(21-23-33)34-24-26-47-44(28-34)45-29-35-25-27-48-52(43(35)30-49(45)54-47)42-17-7-8-19-46(42)53-48/h1-30H. The molecule has 0 bridgehead atoms. The van der Waals surface area contributed by atoms with Crippen molar-refractivity contribution in [2.24, 2.45) is 0 Å². The number of rotatable bonds is 3. The second kappa shape index (κ2) is 11.2. The van der Waals surface area contributed by atoms with Crippen LogP contribution in [0, 0.1) is 0 Å². The molecule has 0 spiro atoms. The first-order valence-electron chi connectivity index (χ1n) is 18.5. The highest BCUT2D eigenvalue weighted by Gasteiger charge is 2.19. The van der Waals surface area contributed by atoms with E-state index >= 15 is 0 Å². The Morgan fingerprint density at radius 1 is 0.259 bits per heavy atom. The fraction of sp³-hybridized carbons (Fsp3) is 0. The minimum atomic E-state index is 0.883. The summed E-state index contributed by atoms with van der Waals surface area (Å²) in [6, 6.07) is 65.7. The van der Waals surface area contributed by atoms with E-state index in [2.05, 4.69) is 170 Å². The zero-order valence-electron chi connectivity index (χ0n) is 29.1. The van der Waals surface area contributed by atoms with Gasteiger partial charge >= 0.3 is 0 Å². The molecule has 10 aromatic carbocycles. The molecular formula is C52H30O2. The van der Waals surface area contributed by atoms with Crippen molar-refractivity contribution in [1.82, 2.24) is 0 Å². The molecule has 0 unspecified atom stereocenters. The molecule has 2 heteroatoms. The van der Waals surface area contributed by atoms with Crippen molar-refractivity contribution in [3.05, 3.63) is 182 Å². The van der Waals surface area contributed by atoms with Crippen LogP contribution in [0.25, 0.3) is 120 Å². The molecule has 2 nitrogen and oxygen atoms in total. The van der Waals surface area contributed by atoms with E-state index in [0.29, 0.717) is 0 Å². The topological polar surface area (TPSA) is 26.3 Å². The summed E-state index contributed by atoms with van der Waals surface area (Å²) in [4.78, 5) is 0. The molecule has 0 aliphatic carbocycles. The fourth-order valence-electron chi connectivity index (χ4n) is 9.00. The second-order valence-corrected chi connectivity index (χ2v) is 14.4. The Morgan fingerprint density at radius 3 is 1.59 bits per heavy atom. The molecular weight excluding hydrogens is 657 g/mol. The zero-order chi connectivity index (χ0) is 35.3. The van der Waals surface area contributed by atoms with Crippen molar-refractivity contribution in [3.63, 3.8) is 0 Å². The van der Waals surface area contributed by atoms with Crippen molar-refractivity contribution in [3.8, 4) is 33.4 Å². The van der Waals surface area contributed by atoms with Crippen LogP contribution in [0.15, 0.2) is 191 Å². The van der Waals surface area contributed by atoms with Crippen molar-refractivity contribution < 1.29 is 8.83 Å². The van der Waals surface area contributed by atoms with Crippen LogP contribution >= 0.6 is 0 Å². The first kappa shape index (κ1) is 29.4. The molecule has 0 saturated heterocycles. The molecule has 0 radical (unpaired) electrons. The van der Waals surface area contributed by atoms with Crippen LogP contribution in [-0.2, 0) is 0 Å². The molecule has 0 aliphatic rings. The van der Waals surface area contributed by atoms with Gasteiger partial charge < -0.3 is 8.83 Å². The highest BCUT2D eigenvalue weighted by molar-refractivity contribution is 6.24. The number of hydrogen-bond acceptors (Lipinski definition) is 2. The van der Waals surface area contributed by atoms with Crippen LogP contribution in [0.3, 0.4) is 0 Å². The van der Waals surface area contributed by atoms with Crippen LogP contribution in [0.5, 0.6) is 0 Å². The largest absolute Gasteiger partial charge is 0.456 e. The van der Waals surface area contributed by atoms with Gasteiger partial charge in [-0.1, -0.05) is 146 Å². The monoisotopic (exact) mass is 686 g/mol. The van der Waals surface area contributed by atoms with E-state index in [-0.39, 0.29) is 0 Å². The van der Waals surface area contributed by atoms with E-state index in [0.717, 1.165) is 54.8 Å². The van der Waals surface area contributed by atoms with Gasteiger partial charge in [0.1, 0.15) is 22.3 Å². The molecule has 2 aromatic heterocycles. The third kappa shape index (κ3) is 4.22. The predicted molar refractivity (Wildman–Crippen MR) is 227 cm³/mol. The van der Waals surface area contributed by atoms with Gasteiger partial charge in [-0.2, -0.15) is 0 Å². The normalized spacial score (nSPS) is 12.1. The molecule has 12 rings (SSSR count). The number of fused-ring (bicyclic) bond motifs is 11. The number of hydrogen-bond donors (Lipinski definition) is 0. The summed E-state index contributed by atoms with van der Waals surface area (Å²) in [5.74, 6) is 0. The van der Waals surface area contributed by atoms with E-state index < -0.39 is 0 Å². The summed E-state index contributed by atoms with van der Waals surface area (Å²) in [5, 5.41) is 14.4. The molecule has 0 amide bonds. The van der Waals surface area contributed by atoms with Crippen molar-refractivity contribution in [2.45, 2.75) is 0 Å². The van der Waals surface area contributed by atoms with E-state index in [1.165, 1.54) is 65.5 Å². The average molecular weight is 687 g/mol. The van der Waals surface area contributed by atoms with Gasteiger partial charge in [0, 0.05) is 21.5 Å². The molecule has 250 valence electrons. The first-order valence-corrected chi connectivity index (χ1v) is 18.5. The summed E-state index contributed by atoms with van der Waals surface area (Å²) >= 11 is 0. The minimum absolute atomic E-state index is 0.883. The number of furan rings is 2. The van der Waals surface area contributed by atoms with Crippen molar-refractivity contribution in [2.75, 3.05) is 0 Å². The summed E-state index contributed by atoms with van der Waals surface area (Å²) in [7, 11) is 0. The third-order valence-electron chi connectivity index (χ3n) is 11.4. The Labute approximate surface area is 310 Å². The Hall–Kier alpha value is -7.16. The van der Waals surface area contributed by atoms with Gasteiger partial charge in [-0.05, 0) is 113 Å². The molecule has 12 aromatic rings.